The summed E-state index contributed by atoms with van der Waals surface area (Å²) < 4.78 is 57.9. The number of nitrogens with zero attached hydrogens (tertiary/aromatic N) is 3. The van der Waals surface area contributed by atoms with Gasteiger partial charge >= 0.3 is 6.18 Å². The summed E-state index contributed by atoms with van der Waals surface area (Å²) in [6.07, 6.45) is 0.490. The first kappa shape index (κ1) is 53.5. The molecule has 372 valence electrons. The predicted molar refractivity (Wildman–Crippen MR) is 276 cm³/mol. The molecule has 2 aliphatic rings. The van der Waals surface area contributed by atoms with E-state index in [1.54, 1.807) is 0 Å². The molecule has 1 saturated heterocycles. The fourth-order valence-corrected chi connectivity index (χ4v) is 9.30. The number of benzene rings is 6. The number of carbonyl (C=O) groups excluding carboxylic acids is 1. The number of piperidine rings is 1. The van der Waals surface area contributed by atoms with Crippen LogP contribution in [-0.2, 0) is 24.6 Å². The summed E-state index contributed by atoms with van der Waals surface area (Å²) in [6.45, 7) is 9.27. The van der Waals surface area contributed by atoms with E-state index in [2.05, 4.69) is 127 Å². The summed E-state index contributed by atoms with van der Waals surface area (Å²) in [7, 11) is 6.28. The van der Waals surface area contributed by atoms with Crippen molar-refractivity contribution in [3.8, 4) is 5.75 Å². The Morgan fingerprint density at radius 2 is 1.40 bits per heavy atom. The van der Waals surface area contributed by atoms with Crippen LogP contribution in [0.4, 0.5) is 28.9 Å². The van der Waals surface area contributed by atoms with E-state index in [1.165, 1.54) is 70.0 Å². The van der Waals surface area contributed by atoms with Crippen molar-refractivity contribution in [1.29, 1.82) is 0 Å². The van der Waals surface area contributed by atoms with Gasteiger partial charge in [0.15, 0.2) is 5.78 Å². The first-order valence-electron chi connectivity index (χ1n) is 24.5. The van der Waals surface area contributed by atoms with Crippen molar-refractivity contribution in [1.82, 2.24) is 15.1 Å². The van der Waals surface area contributed by atoms with Crippen molar-refractivity contribution in [3.05, 3.63) is 196 Å². The minimum absolute atomic E-state index is 0.0533. The molecule has 2 atom stereocenters. The van der Waals surface area contributed by atoms with Crippen molar-refractivity contribution in [2.45, 2.75) is 76.7 Å². The molecule has 2 heterocycles. The van der Waals surface area contributed by atoms with Crippen LogP contribution in [0.2, 0.25) is 0 Å². The van der Waals surface area contributed by atoms with Gasteiger partial charge in [-0.25, -0.2) is 4.39 Å². The summed E-state index contributed by atoms with van der Waals surface area (Å²) in [6, 6.07) is 46.7. The van der Waals surface area contributed by atoms with Crippen molar-refractivity contribution in [2.24, 2.45) is 5.92 Å². The second-order valence-electron chi connectivity index (χ2n) is 18.9. The number of hydrogen-bond donors (Lipinski definition) is 2. The van der Waals surface area contributed by atoms with Crippen LogP contribution in [0.5, 0.6) is 5.75 Å². The zero-order valence-corrected chi connectivity index (χ0v) is 41.4. The van der Waals surface area contributed by atoms with E-state index in [-0.39, 0.29) is 17.7 Å². The molecule has 2 aliphatic heterocycles. The summed E-state index contributed by atoms with van der Waals surface area (Å²) in [5.74, 6) is 1.15. The predicted octanol–water partition coefficient (Wildman–Crippen LogP) is 12.6. The molecule has 2 N–H and O–H groups in total. The fourth-order valence-electron chi connectivity index (χ4n) is 9.30. The Labute approximate surface area is 413 Å². The van der Waals surface area contributed by atoms with Crippen LogP contribution in [0.1, 0.15) is 88.9 Å². The lowest BCUT2D eigenvalue weighted by Gasteiger charge is -2.38. The maximum absolute atomic E-state index is 12.9. The number of nitrogens with one attached hydrogen (secondary N) is 1. The van der Waals surface area contributed by atoms with Gasteiger partial charge in [-0.15, -0.1) is 0 Å². The lowest BCUT2D eigenvalue weighted by molar-refractivity contribution is -0.137. The number of para-hydroxylation sites is 3. The molecule has 8 rings (SSSR count). The largest absolute Gasteiger partial charge is 0.485 e. The molecule has 1 fully saturated rings. The number of aryl methyl sites for hydroxylation is 3. The van der Waals surface area contributed by atoms with Gasteiger partial charge in [0.05, 0.1) is 11.2 Å². The molecule has 0 bridgehead atoms. The van der Waals surface area contributed by atoms with Crippen LogP contribution in [0.25, 0.3) is 0 Å². The number of Topliss-reactive ketones (excluding diaryl/α,β-unsaturated/α-hetero) is 1. The van der Waals surface area contributed by atoms with Gasteiger partial charge in [-0.2, -0.15) is 13.2 Å². The molecule has 11 heteroatoms. The quantitative estimate of drug-likeness (QED) is 0.0740. The van der Waals surface area contributed by atoms with Gasteiger partial charge in [-0.1, -0.05) is 104 Å². The average molecular weight is 959 g/mol. The van der Waals surface area contributed by atoms with E-state index >= 15 is 0 Å². The van der Waals surface area contributed by atoms with E-state index in [0.717, 1.165) is 56.8 Å². The van der Waals surface area contributed by atoms with E-state index in [4.69, 9.17) is 4.74 Å². The highest BCUT2D eigenvalue weighted by molar-refractivity contribution is 5.96. The Morgan fingerprint density at radius 3 is 2.00 bits per heavy atom. The Morgan fingerprint density at radius 1 is 0.800 bits per heavy atom. The third kappa shape index (κ3) is 15.6. The zero-order valence-electron chi connectivity index (χ0n) is 41.4. The molecule has 0 radical (unpaired) electrons. The standard InChI is InChI=1S/C22H23F4NO2.C20H26N2.C17H21NO/c23-19-8-6-16(7-9-19)20(28)5-2-12-27-13-10-21(29,11-14-27)17-3-1-4-18(15-17)22(24,25)26;1-16(14-21(2)3)15-22-19-10-6-4-8-17(19)12-13-18-9-5-7-11-20(18)22;1-14-8-6-7-11-16(14)19-17(12-13-18-2)15-9-4-3-5-10-15/h1,3-4,6-9,15,29H,2,5,10-14H2;4-11,16H,12-15H2,1-3H3;3-11,17-18H,12-13H2,1-2H3/t;;17-/m..1/s1. The number of anilines is 2. The first-order valence-corrected chi connectivity index (χ1v) is 24.5. The highest BCUT2D eigenvalue weighted by Gasteiger charge is 2.37. The Kier molecular flexibility index (Phi) is 19.8. The molecular weight excluding hydrogens is 889 g/mol. The zero-order chi connectivity index (χ0) is 50.1. The number of hydrogen-bond acceptors (Lipinski definition) is 7. The molecule has 70 heavy (non-hydrogen) atoms. The molecule has 6 aromatic carbocycles. The lowest BCUT2D eigenvalue weighted by Crippen LogP contribution is -2.43. The molecule has 6 aromatic rings. The Hall–Kier alpha value is -5.85. The van der Waals surface area contributed by atoms with Crippen LogP contribution in [0.15, 0.2) is 152 Å². The molecule has 0 aromatic heterocycles. The van der Waals surface area contributed by atoms with E-state index in [9.17, 15) is 27.5 Å². The molecule has 1 unspecified atom stereocenters. The minimum atomic E-state index is -4.44. The first-order chi connectivity index (χ1) is 33.6. The number of ether oxygens (including phenoxy) is 1. The van der Waals surface area contributed by atoms with Crippen LogP contribution < -0.4 is 15.0 Å². The van der Waals surface area contributed by atoms with Crippen molar-refractivity contribution in [3.63, 3.8) is 0 Å². The monoisotopic (exact) mass is 959 g/mol. The topological polar surface area (TPSA) is 68.3 Å². The van der Waals surface area contributed by atoms with Crippen LogP contribution >= 0.6 is 0 Å². The summed E-state index contributed by atoms with van der Waals surface area (Å²) >= 11 is 0. The summed E-state index contributed by atoms with van der Waals surface area (Å²) in [5.41, 5.74) is 6.84. The molecule has 0 amide bonds. The maximum Gasteiger partial charge on any atom is 0.416 e. The number of carbonyl (C=O) groups is 1. The number of aliphatic hydroxyl groups is 1. The highest BCUT2D eigenvalue weighted by atomic mass is 19.4. The van der Waals surface area contributed by atoms with Gasteiger partial charge in [0.25, 0.3) is 0 Å². The average Bonchev–Trinajstić information content (AvgIpc) is 3.51. The van der Waals surface area contributed by atoms with Crippen molar-refractivity contribution < 1.29 is 32.2 Å². The van der Waals surface area contributed by atoms with Crippen molar-refractivity contribution in [2.75, 3.05) is 65.3 Å². The molecule has 0 saturated carbocycles. The number of rotatable bonds is 16. The third-order valence-corrected chi connectivity index (χ3v) is 13.0. The summed E-state index contributed by atoms with van der Waals surface area (Å²) in [4.78, 5) is 19.0. The van der Waals surface area contributed by atoms with E-state index in [0.29, 0.717) is 62.4 Å². The number of likely N-dealkylation sites (tertiary alicyclic amines) is 1. The molecule has 7 nitrogen and oxygen atoms in total. The van der Waals surface area contributed by atoms with Gasteiger partial charge in [0.2, 0.25) is 0 Å². The van der Waals surface area contributed by atoms with E-state index in [1.807, 2.05) is 31.3 Å². The van der Waals surface area contributed by atoms with Crippen LogP contribution in [0, 0.1) is 18.7 Å². The highest BCUT2D eigenvalue weighted by Crippen LogP contribution is 2.38. The number of ketones is 1. The Bertz CT molecular complexity index is 2480. The van der Waals surface area contributed by atoms with Crippen LogP contribution in [0.3, 0.4) is 0 Å². The van der Waals surface area contributed by atoms with E-state index < -0.39 is 17.3 Å². The number of fused-ring (bicyclic) bond motifs is 2. The second kappa shape index (κ2) is 25.8. The molecular formula is C59H70F4N4O3. The SMILES string of the molecule is CC(CN(C)C)CN1c2ccccc2CCc2ccccc21.CNCC[C@@H](Oc1ccccc1C)c1ccccc1.O=C(CCCN1CCC(O)(c2cccc(C(F)(F)F)c2)CC1)c1ccc(F)cc1. The molecule has 0 aliphatic carbocycles. The molecule has 0 spiro atoms. The maximum atomic E-state index is 12.9. The number of alkyl halides is 3. The van der Waals surface area contributed by atoms with Crippen LogP contribution in [-0.4, -0.2) is 81.1 Å². The van der Waals surface area contributed by atoms with Gasteiger partial charge in [-0.3, -0.25) is 4.79 Å². The van der Waals surface area contributed by atoms with Gasteiger partial charge in [0.1, 0.15) is 17.7 Å². The van der Waals surface area contributed by atoms with Gasteiger partial charge in [-0.05, 0) is 162 Å². The minimum Gasteiger partial charge on any atom is -0.485 e. The normalized spacial score (nSPS) is 15.2. The smallest absolute Gasteiger partial charge is 0.416 e. The second-order valence-corrected chi connectivity index (χ2v) is 18.9. The summed E-state index contributed by atoms with van der Waals surface area (Å²) in [5, 5.41) is 14.0. The Balaban J connectivity index is 0.000000177. The fraction of sp³-hybridized carbons (Fsp3) is 0.373. The van der Waals surface area contributed by atoms with Crippen molar-refractivity contribution >= 4 is 17.2 Å². The van der Waals surface area contributed by atoms with Gasteiger partial charge in [0, 0.05) is 56.0 Å². The lowest BCUT2D eigenvalue weighted by atomic mass is 9.83. The third-order valence-electron chi connectivity index (χ3n) is 13.0. The van der Waals surface area contributed by atoms with Gasteiger partial charge < -0.3 is 29.9 Å². The number of halogens is 4.